The van der Waals surface area contributed by atoms with Gasteiger partial charge in [-0.2, -0.15) is 10.1 Å². The summed E-state index contributed by atoms with van der Waals surface area (Å²) in [5.41, 5.74) is 11.0. The van der Waals surface area contributed by atoms with E-state index < -0.39 is 0 Å². The summed E-state index contributed by atoms with van der Waals surface area (Å²) >= 11 is 0. The maximum atomic E-state index is 5.82. The molecule has 7 nitrogen and oxygen atoms in total. The number of aromatic nitrogens is 4. The predicted octanol–water partition coefficient (Wildman–Crippen LogP) is 1.71. The van der Waals surface area contributed by atoms with Crippen molar-refractivity contribution in [3.8, 4) is 11.3 Å². The van der Waals surface area contributed by atoms with E-state index in [1.807, 2.05) is 36.4 Å². The van der Waals surface area contributed by atoms with Gasteiger partial charge in [0.05, 0.1) is 23.6 Å². The SMILES string of the molecule is Nc1nc2c(c(NCc3cc(-c4ccccc4)n[nH]3)n1)CCNC2. The van der Waals surface area contributed by atoms with Crippen LogP contribution in [0.4, 0.5) is 11.8 Å². The zero-order chi connectivity index (χ0) is 16.4. The number of anilines is 2. The number of fused-ring (bicyclic) bond motifs is 1. The van der Waals surface area contributed by atoms with Crippen molar-refractivity contribution in [2.75, 3.05) is 17.6 Å². The molecule has 2 aromatic heterocycles. The third-order valence-electron chi connectivity index (χ3n) is 4.10. The fraction of sp³-hybridized carbons (Fsp3) is 0.235. The van der Waals surface area contributed by atoms with Crippen molar-refractivity contribution in [2.45, 2.75) is 19.5 Å². The Morgan fingerprint density at radius 1 is 1.17 bits per heavy atom. The molecule has 0 atom stereocenters. The van der Waals surface area contributed by atoms with Crippen LogP contribution in [0.15, 0.2) is 36.4 Å². The molecular formula is C17H19N7. The first-order chi connectivity index (χ1) is 11.8. The quantitative estimate of drug-likeness (QED) is 0.583. The molecule has 5 N–H and O–H groups in total. The van der Waals surface area contributed by atoms with Crippen LogP contribution >= 0.6 is 0 Å². The number of nitrogens with one attached hydrogen (secondary N) is 3. The number of nitrogens with two attached hydrogens (primary N) is 1. The molecule has 4 rings (SSSR count). The minimum atomic E-state index is 0.300. The summed E-state index contributed by atoms with van der Waals surface area (Å²) in [5.74, 6) is 1.12. The molecule has 3 heterocycles. The maximum absolute atomic E-state index is 5.82. The molecule has 7 heteroatoms. The minimum absolute atomic E-state index is 0.300. The lowest BCUT2D eigenvalue weighted by molar-refractivity contribution is 0.625. The summed E-state index contributed by atoms with van der Waals surface area (Å²) in [5, 5.41) is 14.1. The lowest BCUT2D eigenvalue weighted by atomic mass is 10.1. The molecule has 3 aromatic rings. The number of rotatable bonds is 4. The Hall–Kier alpha value is -2.93. The van der Waals surface area contributed by atoms with E-state index in [2.05, 4.69) is 30.8 Å². The lowest BCUT2D eigenvalue weighted by Gasteiger charge is -2.19. The molecule has 122 valence electrons. The Bertz CT molecular complexity index is 841. The molecular weight excluding hydrogens is 302 g/mol. The molecule has 0 saturated carbocycles. The second-order valence-electron chi connectivity index (χ2n) is 5.78. The standard InChI is InChI=1S/C17H19N7/c18-17-21-15-10-19-7-6-13(15)16(22-17)20-9-12-8-14(24-23-12)11-4-2-1-3-5-11/h1-5,8,19H,6-7,9-10H2,(H,23,24)(H3,18,20,21,22). The highest BCUT2D eigenvalue weighted by atomic mass is 15.1. The van der Waals surface area contributed by atoms with E-state index in [4.69, 9.17) is 5.73 Å². The Kier molecular flexibility index (Phi) is 3.84. The summed E-state index contributed by atoms with van der Waals surface area (Å²) < 4.78 is 0. The van der Waals surface area contributed by atoms with Crippen LogP contribution in [0.25, 0.3) is 11.3 Å². The first kappa shape index (κ1) is 14.6. The predicted molar refractivity (Wildman–Crippen MR) is 93.2 cm³/mol. The van der Waals surface area contributed by atoms with Crippen molar-refractivity contribution in [2.24, 2.45) is 0 Å². The summed E-state index contributed by atoms with van der Waals surface area (Å²) in [7, 11) is 0. The van der Waals surface area contributed by atoms with Crippen LogP contribution in [0.5, 0.6) is 0 Å². The number of aromatic amines is 1. The maximum Gasteiger partial charge on any atom is 0.222 e. The minimum Gasteiger partial charge on any atom is -0.368 e. The monoisotopic (exact) mass is 321 g/mol. The van der Waals surface area contributed by atoms with Gasteiger partial charge < -0.3 is 16.4 Å². The van der Waals surface area contributed by atoms with Crippen molar-refractivity contribution < 1.29 is 0 Å². The fourth-order valence-electron chi connectivity index (χ4n) is 2.91. The second kappa shape index (κ2) is 6.29. The molecule has 1 aliphatic rings. The van der Waals surface area contributed by atoms with Crippen molar-refractivity contribution in [3.63, 3.8) is 0 Å². The van der Waals surface area contributed by atoms with Gasteiger partial charge in [0.1, 0.15) is 5.82 Å². The third-order valence-corrected chi connectivity index (χ3v) is 4.10. The van der Waals surface area contributed by atoms with Gasteiger partial charge in [-0.1, -0.05) is 30.3 Å². The average Bonchev–Trinajstić information content (AvgIpc) is 3.09. The van der Waals surface area contributed by atoms with Gasteiger partial charge in [0.25, 0.3) is 0 Å². The van der Waals surface area contributed by atoms with Crippen LogP contribution in [-0.4, -0.2) is 26.7 Å². The van der Waals surface area contributed by atoms with Crippen LogP contribution in [-0.2, 0) is 19.5 Å². The van der Waals surface area contributed by atoms with E-state index in [0.717, 1.165) is 53.5 Å². The van der Waals surface area contributed by atoms with E-state index in [1.54, 1.807) is 0 Å². The van der Waals surface area contributed by atoms with Gasteiger partial charge in [-0.15, -0.1) is 0 Å². The number of nitrogens with zero attached hydrogens (tertiary/aromatic N) is 3. The molecule has 1 aromatic carbocycles. The topological polar surface area (TPSA) is 105 Å². The Morgan fingerprint density at radius 3 is 2.92 bits per heavy atom. The summed E-state index contributed by atoms with van der Waals surface area (Å²) in [6.45, 7) is 2.27. The Morgan fingerprint density at radius 2 is 2.04 bits per heavy atom. The molecule has 0 unspecified atom stereocenters. The molecule has 0 amide bonds. The van der Waals surface area contributed by atoms with Crippen LogP contribution in [0, 0.1) is 0 Å². The molecule has 0 bridgehead atoms. The zero-order valence-electron chi connectivity index (χ0n) is 13.2. The molecule has 0 spiro atoms. The van der Waals surface area contributed by atoms with Crippen LogP contribution in [0.2, 0.25) is 0 Å². The third kappa shape index (κ3) is 2.93. The van der Waals surface area contributed by atoms with Gasteiger partial charge in [0.2, 0.25) is 5.95 Å². The van der Waals surface area contributed by atoms with Gasteiger partial charge in [0.15, 0.2) is 0 Å². The number of H-pyrrole nitrogens is 1. The molecule has 0 fully saturated rings. The lowest BCUT2D eigenvalue weighted by Crippen LogP contribution is -2.26. The van der Waals surface area contributed by atoms with Gasteiger partial charge in [-0.3, -0.25) is 5.10 Å². The number of benzene rings is 1. The molecule has 0 radical (unpaired) electrons. The first-order valence-corrected chi connectivity index (χ1v) is 7.99. The zero-order valence-corrected chi connectivity index (χ0v) is 13.2. The normalized spacial score (nSPS) is 13.5. The smallest absolute Gasteiger partial charge is 0.222 e. The summed E-state index contributed by atoms with van der Waals surface area (Å²) in [4.78, 5) is 8.68. The van der Waals surface area contributed by atoms with Crippen molar-refractivity contribution in [1.82, 2.24) is 25.5 Å². The summed E-state index contributed by atoms with van der Waals surface area (Å²) in [6, 6.07) is 12.1. The highest BCUT2D eigenvalue weighted by molar-refractivity contribution is 5.59. The van der Waals surface area contributed by atoms with Gasteiger partial charge in [-0.05, 0) is 19.0 Å². The summed E-state index contributed by atoms with van der Waals surface area (Å²) in [6.07, 6.45) is 0.899. The number of nitrogen functional groups attached to an aromatic ring is 1. The van der Waals surface area contributed by atoms with E-state index in [-0.39, 0.29) is 0 Å². The highest BCUT2D eigenvalue weighted by Gasteiger charge is 2.16. The van der Waals surface area contributed by atoms with Crippen LogP contribution < -0.4 is 16.4 Å². The van der Waals surface area contributed by atoms with E-state index in [0.29, 0.717) is 12.5 Å². The Labute approximate surface area is 139 Å². The Balaban J connectivity index is 1.52. The van der Waals surface area contributed by atoms with E-state index in [1.165, 1.54) is 0 Å². The fourth-order valence-corrected chi connectivity index (χ4v) is 2.91. The van der Waals surface area contributed by atoms with Crippen LogP contribution in [0.1, 0.15) is 17.0 Å². The largest absolute Gasteiger partial charge is 0.368 e. The van der Waals surface area contributed by atoms with Crippen molar-refractivity contribution in [3.05, 3.63) is 53.3 Å². The van der Waals surface area contributed by atoms with Gasteiger partial charge >= 0.3 is 0 Å². The second-order valence-corrected chi connectivity index (χ2v) is 5.78. The molecule has 0 aliphatic carbocycles. The molecule has 0 saturated heterocycles. The van der Waals surface area contributed by atoms with Crippen LogP contribution in [0.3, 0.4) is 0 Å². The highest BCUT2D eigenvalue weighted by Crippen LogP contribution is 2.22. The number of hydrogen-bond acceptors (Lipinski definition) is 6. The first-order valence-electron chi connectivity index (χ1n) is 7.99. The average molecular weight is 321 g/mol. The van der Waals surface area contributed by atoms with Crippen molar-refractivity contribution in [1.29, 1.82) is 0 Å². The molecule has 24 heavy (non-hydrogen) atoms. The van der Waals surface area contributed by atoms with Gasteiger partial charge in [-0.25, -0.2) is 4.98 Å². The van der Waals surface area contributed by atoms with E-state index >= 15 is 0 Å². The number of hydrogen-bond donors (Lipinski definition) is 4. The van der Waals surface area contributed by atoms with Gasteiger partial charge in [0, 0.05) is 17.7 Å². The van der Waals surface area contributed by atoms with Crippen molar-refractivity contribution >= 4 is 11.8 Å². The van der Waals surface area contributed by atoms with E-state index in [9.17, 15) is 0 Å². The molecule has 1 aliphatic heterocycles.